The molecular formula is C12H16FN3O2. The first-order valence-corrected chi connectivity index (χ1v) is 5.85. The normalized spacial score (nSPS) is 19.6. The Bertz CT molecular complexity index is 445. The van der Waals surface area contributed by atoms with E-state index in [1.807, 2.05) is 11.0 Å². The molecule has 0 atom stereocenters. The number of aromatic nitrogens is 1. The van der Waals surface area contributed by atoms with E-state index in [4.69, 9.17) is 10.8 Å². The minimum atomic E-state index is -2.06. The Hall–Kier alpha value is -1.69. The summed E-state index contributed by atoms with van der Waals surface area (Å²) >= 11 is 0. The molecule has 1 aliphatic rings. The van der Waals surface area contributed by atoms with Gasteiger partial charge in [0.1, 0.15) is 5.82 Å². The summed E-state index contributed by atoms with van der Waals surface area (Å²) in [5.74, 6) is -0.898. The second kappa shape index (κ2) is 4.89. The van der Waals surface area contributed by atoms with Gasteiger partial charge in [-0.25, -0.2) is 14.2 Å². The zero-order chi connectivity index (χ0) is 13.2. The van der Waals surface area contributed by atoms with Gasteiger partial charge >= 0.3 is 5.97 Å². The molecule has 98 valence electrons. The Morgan fingerprint density at radius 2 is 2.22 bits per heavy atom. The number of pyridine rings is 1. The van der Waals surface area contributed by atoms with Gasteiger partial charge in [0.2, 0.25) is 5.67 Å². The van der Waals surface area contributed by atoms with Crippen LogP contribution in [-0.2, 0) is 11.3 Å². The summed E-state index contributed by atoms with van der Waals surface area (Å²) in [5, 5.41) is 8.79. The highest BCUT2D eigenvalue weighted by Gasteiger charge is 2.41. The second-order valence-corrected chi connectivity index (χ2v) is 4.64. The van der Waals surface area contributed by atoms with Crippen molar-refractivity contribution in [3.05, 3.63) is 23.9 Å². The van der Waals surface area contributed by atoms with Crippen LogP contribution in [0, 0.1) is 0 Å². The molecule has 0 spiro atoms. The van der Waals surface area contributed by atoms with Crippen LogP contribution >= 0.6 is 0 Å². The van der Waals surface area contributed by atoms with Gasteiger partial charge in [-0.05, 0) is 17.7 Å². The molecule has 0 saturated carbocycles. The van der Waals surface area contributed by atoms with Crippen LogP contribution in [0.15, 0.2) is 18.3 Å². The fraction of sp³-hybridized carbons (Fsp3) is 0.500. The summed E-state index contributed by atoms with van der Waals surface area (Å²) in [6.45, 7) is 1.51. The van der Waals surface area contributed by atoms with Gasteiger partial charge in [-0.1, -0.05) is 0 Å². The molecule has 0 amide bonds. The first kappa shape index (κ1) is 12.8. The van der Waals surface area contributed by atoms with Crippen LogP contribution in [0.2, 0.25) is 0 Å². The smallest absolute Gasteiger partial charge is 0.341 e. The van der Waals surface area contributed by atoms with Gasteiger partial charge in [0.15, 0.2) is 0 Å². The third-order valence-corrected chi connectivity index (χ3v) is 3.28. The Balaban J connectivity index is 1.93. The highest BCUT2D eigenvalue weighted by Crippen LogP contribution is 2.27. The van der Waals surface area contributed by atoms with Crippen LogP contribution in [0.25, 0.3) is 0 Å². The minimum Gasteiger partial charge on any atom is -0.479 e. The van der Waals surface area contributed by atoms with E-state index in [-0.39, 0.29) is 12.8 Å². The number of halogens is 1. The molecule has 1 saturated heterocycles. The molecule has 6 heteroatoms. The summed E-state index contributed by atoms with van der Waals surface area (Å²) in [6, 6.07) is 3.62. The van der Waals surface area contributed by atoms with E-state index in [0.29, 0.717) is 25.5 Å². The predicted octanol–water partition coefficient (Wildman–Crippen LogP) is 1.05. The number of carboxylic acid groups (broad SMARTS) is 1. The van der Waals surface area contributed by atoms with Crippen molar-refractivity contribution in [1.82, 2.24) is 9.88 Å². The Morgan fingerprint density at radius 1 is 1.56 bits per heavy atom. The topological polar surface area (TPSA) is 79.5 Å². The number of nitrogens with two attached hydrogens (primary N) is 1. The number of piperidine rings is 1. The average molecular weight is 253 g/mol. The molecule has 1 aromatic rings. The molecule has 1 aliphatic heterocycles. The summed E-state index contributed by atoms with van der Waals surface area (Å²) in [5.41, 5.74) is 4.52. The van der Waals surface area contributed by atoms with E-state index >= 15 is 0 Å². The number of nitrogen functional groups attached to an aromatic ring is 1. The van der Waals surface area contributed by atoms with Crippen molar-refractivity contribution in [1.29, 1.82) is 0 Å². The maximum Gasteiger partial charge on any atom is 0.341 e. The number of nitrogens with zero attached hydrogens (tertiary/aromatic N) is 2. The fourth-order valence-corrected chi connectivity index (χ4v) is 2.13. The zero-order valence-electron chi connectivity index (χ0n) is 9.97. The molecule has 5 nitrogen and oxygen atoms in total. The maximum absolute atomic E-state index is 13.8. The van der Waals surface area contributed by atoms with Crippen molar-refractivity contribution in [3.8, 4) is 0 Å². The highest BCUT2D eigenvalue weighted by molar-refractivity contribution is 5.77. The summed E-state index contributed by atoms with van der Waals surface area (Å²) in [6.07, 6.45) is 1.69. The number of hydrogen-bond acceptors (Lipinski definition) is 4. The molecule has 0 aromatic carbocycles. The van der Waals surface area contributed by atoms with Crippen LogP contribution in [0.3, 0.4) is 0 Å². The average Bonchev–Trinajstić information content (AvgIpc) is 2.32. The largest absolute Gasteiger partial charge is 0.479 e. The molecule has 3 N–H and O–H groups in total. The Labute approximate surface area is 104 Å². The third kappa shape index (κ3) is 2.76. The van der Waals surface area contributed by atoms with Gasteiger partial charge in [-0.3, -0.25) is 4.90 Å². The van der Waals surface area contributed by atoms with E-state index in [0.717, 1.165) is 5.56 Å². The standard InChI is InChI=1S/C12H16FN3O2/c13-12(11(17)18)2-5-16(6-3-12)8-9-1-4-15-10(14)7-9/h1,4,7H,2-3,5-6,8H2,(H2,14,15)(H,17,18). The molecule has 2 rings (SSSR count). The summed E-state index contributed by atoms with van der Waals surface area (Å²) < 4.78 is 13.8. The van der Waals surface area contributed by atoms with Gasteiger partial charge in [0.05, 0.1) is 0 Å². The van der Waals surface area contributed by atoms with Crippen molar-refractivity contribution < 1.29 is 14.3 Å². The molecule has 0 unspecified atom stereocenters. The molecule has 0 bridgehead atoms. The highest BCUT2D eigenvalue weighted by atomic mass is 19.1. The molecule has 0 radical (unpaired) electrons. The molecule has 1 aromatic heterocycles. The van der Waals surface area contributed by atoms with Crippen molar-refractivity contribution in [2.45, 2.75) is 25.1 Å². The van der Waals surface area contributed by atoms with Crippen molar-refractivity contribution in [3.63, 3.8) is 0 Å². The third-order valence-electron chi connectivity index (χ3n) is 3.28. The zero-order valence-corrected chi connectivity index (χ0v) is 9.97. The van der Waals surface area contributed by atoms with Crippen LogP contribution in [0.4, 0.5) is 10.2 Å². The minimum absolute atomic E-state index is 0.0307. The lowest BCUT2D eigenvalue weighted by molar-refractivity contribution is -0.154. The van der Waals surface area contributed by atoms with Crippen molar-refractivity contribution in [2.75, 3.05) is 18.8 Å². The number of alkyl halides is 1. The van der Waals surface area contributed by atoms with Crippen LogP contribution in [0.5, 0.6) is 0 Å². The second-order valence-electron chi connectivity index (χ2n) is 4.64. The lowest BCUT2D eigenvalue weighted by atomic mass is 9.93. The number of carboxylic acids is 1. The van der Waals surface area contributed by atoms with E-state index in [9.17, 15) is 9.18 Å². The van der Waals surface area contributed by atoms with Gasteiger partial charge in [0.25, 0.3) is 0 Å². The van der Waals surface area contributed by atoms with Gasteiger partial charge < -0.3 is 10.8 Å². The lowest BCUT2D eigenvalue weighted by Crippen LogP contribution is -2.46. The van der Waals surface area contributed by atoms with E-state index < -0.39 is 11.6 Å². The van der Waals surface area contributed by atoms with Crippen LogP contribution in [-0.4, -0.2) is 39.7 Å². The van der Waals surface area contributed by atoms with Crippen LogP contribution < -0.4 is 5.73 Å². The number of hydrogen-bond donors (Lipinski definition) is 2. The molecule has 18 heavy (non-hydrogen) atoms. The van der Waals surface area contributed by atoms with E-state index in [1.165, 1.54) is 0 Å². The van der Waals surface area contributed by atoms with Gasteiger partial charge in [-0.2, -0.15) is 0 Å². The number of anilines is 1. The van der Waals surface area contributed by atoms with E-state index in [2.05, 4.69) is 4.98 Å². The molecular weight excluding hydrogens is 237 g/mol. The predicted molar refractivity (Wildman–Crippen MR) is 64.6 cm³/mol. The number of rotatable bonds is 3. The lowest BCUT2D eigenvalue weighted by Gasteiger charge is -2.33. The van der Waals surface area contributed by atoms with Crippen molar-refractivity contribution >= 4 is 11.8 Å². The Morgan fingerprint density at radius 3 is 2.78 bits per heavy atom. The Kier molecular flexibility index (Phi) is 3.47. The first-order chi connectivity index (χ1) is 8.49. The molecule has 0 aliphatic carbocycles. The summed E-state index contributed by atoms with van der Waals surface area (Å²) in [4.78, 5) is 16.7. The number of likely N-dealkylation sites (tertiary alicyclic amines) is 1. The van der Waals surface area contributed by atoms with Crippen molar-refractivity contribution in [2.24, 2.45) is 0 Å². The van der Waals surface area contributed by atoms with Gasteiger partial charge in [-0.15, -0.1) is 0 Å². The van der Waals surface area contributed by atoms with Crippen LogP contribution in [0.1, 0.15) is 18.4 Å². The summed E-state index contributed by atoms with van der Waals surface area (Å²) in [7, 11) is 0. The van der Waals surface area contributed by atoms with Gasteiger partial charge in [0, 0.05) is 38.7 Å². The number of carbonyl (C=O) groups is 1. The maximum atomic E-state index is 13.8. The molecule has 2 heterocycles. The molecule has 1 fully saturated rings. The first-order valence-electron chi connectivity index (χ1n) is 5.85. The van der Waals surface area contributed by atoms with E-state index in [1.54, 1.807) is 12.3 Å². The number of aliphatic carboxylic acids is 1. The fourth-order valence-electron chi connectivity index (χ4n) is 2.13. The monoisotopic (exact) mass is 253 g/mol. The quantitative estimate of drug-likeness (QED) is 0.841. The SMILES string of the molecule is Nc1cc(CN2CCC(F)(C(=O)O)CC2)ccn1.